The van der Waals surface area contributed by atoms with Crippen LogP contribution in [0.15, 0.2) is 0 Å². The van der Waals surface area contributed by atoms with Crippen LogP contribution in [-0.4, -0.2) is 17.3 Å². The molecule has 0 aromatic carbocycles. The molecule has 1 amide bonds. The number of carbonyl (C=O) groups is 1. The standard InChI is InChI=1S/C10H18ClNO/c1-7-5-3-4-6-9(7)12-10(13)8(2)11/h7-9H,3-6H2,1-2H3,(H,12,13)/t7-,8+,9-/m0/s1. The van der Waals surface area contributed by atoms with Crippen LogP contribution in [0.4, 0.5) is 0 Å². The van der Waals surface area contributed by atoms with Gasteiger partial charge in [0, 0.05) is 6.04 Å². The average Bonchev–Trinajstić information content (AvgIpc) is 2.08. The molecule has 0 aromatic heterocycles. The van der Waals surface area contributed by atoms with Crippen LogP contribution in [0.3, 0.4) is 0 Å². The minimum Gasteiger partial charge on any atom is -0.352 e. The lowest BCUT2D eigenvalue weighted by atomic mass is 9.86. The maximum absolute atomic E-state index is 11.3. The van der Waals surface area contributed by atoms with Gasteiger partial charge in [0.1, 0.15) is 5.38 Å². The van der Waals surface area contributed by atoms with Gasteiger partial charge in [0.2, 0.25) is 5.91 Å². The van der Waals surface area contributed by atoms with Gasteiger partial charge in [-0.3, -0.25) is 4.79 Å². The van der Waals surface area contributed by atoms with E-state index in [0.717, 1.165) is 6.42 Å². The maximum Gasteiger partial charge on any atom is 0.237 e. The van der Waals surface area contributed by atoms with Gasteiger partial charge >= 0.3 is 0 Å². The molecule has 0 spiro atoms. The van der Waals surface area contributed by atoms with E-state index in [2.05, 4.69) is 12.2 Å². The van der Waals surface area contributed by atoms with Gasteiger partial charge in [-0.2, -0.15) is 0 Å². The van der Waals surface area contributed by atoms with E-state index in [9.17, 15) is 4.79 Å². The molecule has 0 aromatic rings. The lowest BCUT2D eigenvalue weighted by molar-refractivity contribution is -0.121. The lowest BCUT2D eigenvalue weighted by Gasteiger charge is -2.29. The average molecular weight is 204 g/mol. The molecule has 0 heterocycles. The summed E-state index contributed by atoms with van der Waals surface area (Å²) in [5, 5.41) is 2.59. The van der Waals surface area contributed by atoms with Gasteiger partial charge in [0.25, 0.3) is 0 Å². The molecular weight excluding hydrogens is 186 g/mol. The molecule has 3 heteroatoms. The highest BCUT2D eigenvalue weighted by atomic mass is 35.5. The van der Waals surface area contributed by atoms with Crippen molar-refractivity contribution in [3.05, 3.63) is 0 Å². The highest BCUT2D eigenvalue weighted by molar-refractivity contribution is 6.30. The van der Waals surface area contributed by atoms with E-state index in [-0.39, 0.29) is 5.91 Å². The van der Waals surface area contributed by atoms with E-state index in [1.54, 1.807) is 6.92 Å². The molecule has 1 fully saturated rings. The molecule has 76 valence electrons. The number of hydrogen-bond acceptors (Lipinski definition) is 1. The van der Waals surface area contributed by atoms with Crippen molar-refractivity contribution in [3.8, 4) is 0 Å². The fourth-order valence-electron chi connectivity index (χ4n) is 1.83. The van der Waals surface area contributed by atoms with Gasteiger partial charge < -0.3 is 5.32 Å². The lowest BCUT2D eigenvalue weighted by Crippen LogP contribution is -2.43. The molecule has 1 aliphatic rings. The Labute approximate surface area is 85.0 Å². The number of carbonyl (C=O) groups excluding carboxylic acids is 1. The Morgan fingerprint density at radius 3 is 2.62 bits per heavy atom. The highest BCUT2D eigenvalue weighted by Gasteiger charge is 2.23. The summed E-state index contributed by atoms with van der Waals surface area (Å²) < 4.78 is 0. The maximum atomic E-state index is 11.3. The third kappa shape index (κ3) is 3.18. The number of nitrogens with one attached hydrogen (secondary N) is 1. The second-order valence-electron chi connectivity index (χ2n) is 3.99. The Morgan fingerprint density at radius 1 is 1.46 bits per heavy atom. The van der Waals surface area contributed by atoms with E-state index < -0.39 is 5.38 Å². The van der Waals surface area contributed by atoms with Crippen molar-refractivity contribution in [2.75, 3.05) is 0 Å². The zero-order chi connectivity index (χ0) is 9.84. The van der Waals surface area contributed by atoms with Crippen LogP contribution in [0.25, 0.3) is 0 Å². The summed E-state index contributed by atoms with van der Waals surface area (Å²) in [6.07, 6.45) is 4.86. The number of halogens is 1. The molecule has 1 N–H and O–H groups in total. The smallest absolute Gasteiger partial charge is 0.237 e. The van der Waals surface area contributed by atoms with E-state index >= 15 is 0 Å². The van der Waals surface area contributed by atoms with Gasteiger partial charge in [0.15, 0.2) is 0 Å². The highest BCUT2D eigenvalue weighted by Crippen LogP contribution is 2.23. The van der Waals surface area contributed by atoms with Crippen LogP contribution in [0, 0.1) is 5.92 Å². The Morgan fingerprint density at radius 2 is 2.08 bits per heavy atom. The second-order valence-corrected chi connectivity index (χ2v) is 4.65. The largest absolute Gasteiger partial charge is 0.352 e. The minimum atomic E-state index is -0.408. The molecule has 2 nitrogen and oxygen atoms in total. The summed E-state index contributed by atoms with van der Waals surface area (Å²) in [5.74, 6) is 0.577. The quantitative estimate of drug-likeness (QED) is 0.686. The van der Waals surface area contributed by atoms with Crippen molar-refractivity contribution in [2.45, 2.75) is 50.9 Å². The first-order chi connectivity index (χ1) is 6.11. The third-order valence-corrected chi connectivity index (χ3v) is 3.00. The van der Waals surface area contributed by atoms with Crippen LogP contribution in [0.5, 0.6) is 0 Å². The first-order valence-electron chi connectivity index (χ1n) is 5.05. The van der Waals surface area contributed by atoms with Gasteiger partial charge in [-0.05, 0) is 25.7 Å². The molecule has 0 saturated heterocycles. The second kappa shape index (κ2) is 4.85. The summed E-state index contributed by atoms with van der Waals surface area (Å²) in [5.41, 5.74) is 0. The molecule has 0 unspecified atom stereocenters. The third-order valence-electron chi connectivity index (χ3n) is 2.80. The van der Waals surface area contributed by atoms with Crippen molar-refractivity contribution in [2.24, 2.45) is 5.92 Å². The van der Waals surface area contributed by atoms with Gasteiger partial charge in [0.05, 0.1) is 0 Å². The molecule has 1 aliphatic carbocycles. The topological polar surface area (TPSA) is 29.1 Å². The van der Waals surface area contributed by atoms with Gasteiger partial charge in [-0.15, -0.1) is 11.6 Å². The first kappa shape index (κ1) is 10.8. The minimum absolute atomic E-state index is 0.0274. The first-order valence-corrected chi connectivity index (χ1v) is 5.49. The summed E-state index contributed by atoms with van der Waals surface area (Å²) in [6, 6.07) is 0.349. The summed E-state index contributed by atoms with van der Waals surface area (Å²) in [4.78, 5) is 11.3. The fourth-order valence-corrected chi connectivity index (χ4v) is 1.89. The molecule has 0 radical (unpaired) electrons. The molecule has 3 atom stereocenters. The Bertz CT molecular complexity index is 182. The fraction of sp³-hybridized carbons (Fsp3) is 0.900. The van der Waals surface area contributed by atoms with Crippen LogP contribution in [0.2, 0.25) is 0 Å². The number of rotatable bonds is 2. The molecule has 1 rings (SSSR count). The van der Waals surface area contributed by atoms with Crippen molar-refractivity contribution in [1.29, 1.82) is 0 Å². The van der Waals surface area contributed by atoms with Crippen molar-refractivity contribution in [1.82, 2.24) is 5.32 Å². The molecule has 0 bridgehead atoms. The number of hydrogen-bond donors (Lipinski definition) is 1. The molecule has 13 heavy (non-hydrogen) atoms. The zero-order valence-electron chi connectivity index (χ0n) is 8.35. The number of alkyl halides is 1. The number of amides is 1. The molecular formula is C10H18ClNO. The Balaban J connectivity index is 2.38. The zero-order valence-corrected chi connectivity index (χ0v) is 9.10. The van der Waals surface area contributed by atoms with Crippen LogP contribution in [-0.2, 0) is 4.79 Å². The van der Waals surface area contributed by atoms with Crippen molar-refractivity contribution >= 4 is 17.5 Å². The SMILES string of the molecule is C[C@@H](Cl)C(=O)N[C@H]1CCCC[C@@H]1C. The normalized spacial score (nSPS) is 31.0. The van der Waals surface area contributed by atoms with Crippen LogP contribution < -0.4 is 5.32 Å². The van der Waals surface area contributed by atoms with E-state index in [4.69, 9.17) is 11.6 Å². The van der Waals surface area contributed by atoms with Gasteiger partial charge in [-0.25, -0.2) is 0 Å². The summed E-state index contributed by atoms with van der Waals surface area (Å²) >= 11 is 5.68. The van der Waals surface area contributed by atoms with E-state index in [1.165, 1.54) is 19.3 Å². The predicted molar refractivity (Wildman–Crippen MR) is 54.9 cm³/mol. The van der Waals surface area contributed by atoms with Crippen molar-refractivity contribution in [3.63, 3.8) is 0 Å². The van der Waals surface area contributed by atoms with E-state index in [1.807, 2.05) is 0 Å². The molecule has 0 aliphatic heterocycles. The van der Waals surface area contributed by atoms with Gasteiger partial charge in [-0.1, -0.05) is 19.8 Å². The monoisotopic (exact) mass is 203 g/mol. The summed E-state index contributed by atoms with van der Waals surface area (Å²) in [6.45, 7) is 3.91. The van der Waals surface area contributed by atoms with E-state index in [0.29, 0.717) is 12.0 Å². The Hall–Kier alpha value is -0.240. The summed E-state index contributed by atoms with van der Waals surface area (Å²) in [7, 11) is 0. The van der Waals surface area contributed by atoms with Crippen LogP contribution in [0.1, 0.15) is 39.5 Å². The van der Waals surface area contributed by atoms with Crippen molar-refractivity contribution < 1.29 is 4.79 Å². The molecule has 1 saturated carbocycles. The predicted octanol–water partition coefficient (Wildman–Crippen LogP) is 2.31. The Kier molecular flexibility index (Phi) is 4.04. The van der Waals surface area contributed by atoms with Crippen LogP contribution >= 0.6 is 11.6 Å².